The molecule has 2 aliphatic carbocycles. The number of ether oxygens (including phenoxy) is 1. The van der Waals surface area contributed by atoms with E-state index in [0.29, 0.717) is 17.3 Å². The second-order valence-corrected chi connectivity index (χ2v) is 13.9. The van der Waals surface area contributed by atoms with Crippen molar-refractivity contribution in [2.75, 3.05) is 4.90 Å². The number of carbonyl (C=O) groups excluding carboxylic acids is 2. The average molecular weight is 601 g/mol. The number of H-pyrrole nitrogens is 1. The van der Waals surface area contributed by atoms with Gasteiger partial charge < -0.3 is 9.72 Å². The van der Waals surface area contributed by atoms with Crippen LogP contribution < -0.4 is 14.5 Å². The van der Waals surface area contributed by atoms with Gasteiger partial charge in [0.15, 0.2) is 0 Å². The maximum absolute atomic E-state index is 13.9. The summed E-state index contributed by atoms with van der Waals surface area (Å²) in [7, 11) is 0. The SMILES string of the molecule is O=C1C2C3CC(C2C(=O)N1c1ccc(Cl)cc1)C1C3Sc2[nH]c(=O)sc2[C@@H]1c1ccc(OCc2ccccc2)cc1. The second kappa shape index (κ2) is 9.61. The van der Waals surface area contributed by atoms with Gasteiger partial charge >= 0.3 is 4.87 Å². The molecule has 6 nitrogen and oxygen atoms in total. The minimum absolute atomic E-state index is 0.0215. The van der Waals surface area contributed by atoms with E-state index < -0.39 is 0 Å². The minimum atomic E-state index is -0.335. The summed E-state index contributed by atoms with van der Waals surface area (Å²) in [5.74, 6) is 0.211. The zero-order valence-corrected chi connectivity index (χ0v) is 24.1. The highest BCUT2D eigenvalue weighted by atomic mass is 35.5. The standard InChI is InChI=1S/C32H25ClN2O4S2/c33-18-8-10-19(11-9-18)35-30(36)25-21-14-22(26(25)31(35)37)27-24(21)23(28-29(40-27)34-32(38)41-28)17-6-12-20(13-7-17)39-15-16-4-2-1-3-5-16/h1-13,21-27H,14-15H2,(H,34,38)/t21?,22?,23-,24?,25?,26?,27?/m1/s1. The molecule has 2 amide bonds. The summed E-state index contributed by atoms with van der Waals surface area (Å²) in [5, 5.41) is 1.63. The monoisotopic (exact) mass is 600 g/mol. The van der Waals surface area contributed by atoms with Crippen LogP contribution in [0.1, 0.15) is 28.3 Å². The molecule has 206 valence electrons. The summed E-state index contributed by atoms with van der Waals surface area (Å²) >= 11 is 9.05. The molecule has 0 radical (unpaired) electrons. The Bertz CT molecular complexity index is 1720. The highest BCUT2D eigenvalue weighted by molar-refractivity contribution is 8.00. The van der Waals surface area contributed by atoms with E-state index in [0.717, 1.165) is 33.2 Å². The molecule has 4 aromatic rings. The van der Waals surface area contributed by atoms with Gasteiger partial charge in [-0.2, -0.15) is 0 Å². The Labute approximate surface area is 249 Å². The first-order valence-corrected chi connectivity index (χ1v) is 15.8. The van der Waals surface area contributed by atoms with E-state index in [1.165, 1.54) is 16.2 Å². The first-order chi connectivity index (χ1) is 20.0. The molecular weight excluding hydrogens is 576 g/mol. The van der Waals surface area contributed by atoms with Crippen LogP contribution in [-0.4, -0.2) is 22.0 Å². The fourth-order valence-electron chi connectivity index (χ4n) is 7.75. The van der Waals surface area contributed by atoms with E-state index >= 15 is 0 Å². The molecule has 9 heteroatoms. The Hall–Kier alpha value is -3.33. The van der Waals surface area contributed by atoms with Crippen molar-refractivity contribution in [1.29, 1.82) is 0 Å². The van der Waals surface area contributed by atoms with Crippen LogP contribution in [0.5, 0.6) is 5.75 Å². The first kappa shape index (κ1) is 25.4. The van der Waals surface area contributed by atoms with Crippen LogP contribution >= 0.6 is 34.7 Å². The van der Waals surface area contributed by atoms with Gasteiger partial charge in [0.05, 0.1) is 22.5 Å². The predicted molar refractivity (Wildman–Crippen MR) is 160 cm³/mol. The van der Waals surface area contributed by atoms with E-state index in [-0.39, 0.29) is 57.4 Å². The van der Waals surface area contributed by atoms with Gasteiger partial charge in [0.25, 0.3) is 0 Å². The molecule has 3 heterocycles. The summed E-state index contributed by atoms with van der Waals surface area (Å²) < 4.78 is 6.03. The number of thiazole rings is 1. The molecule has 1 saturated heterocycles. The molecule has 41 heavy (non-hydrogen) atoms. The Morgan fingerprint density at radius 3 is 2.32 bits per heavy atom. The molecule has 8 rings (SSSR count). The summed E-state index contributed by atoms with van der Waals surface area (Å²) in [5.41, 5.74) is 2.80. The number of hydrogen-bond donors (Lipinski definition) is 1. The largest absolute Gasteiger partial charge is 0.489 e. The molecule has 6 unspecified atom stereocenters. The molecule has 1 aromatic heterocycles. The lowest BCUT2D eigenvalue weighted by atomic mass is 9.68. The molecule has 2 aliphatic heterocycles. The summed E-state index contributed by atoms with van der Waals surface area (Å²) in [4.78, 5) is 45.6. The van der Waals surface area contributed by atoms with Crippen molar-refractivity contribution in [2.45, 2.75) is 29.2 Å². The number of imide groups is 1. The number of amides is 2. The van der Waals surface area contributed by atoms with Crippen LogP contribution in [0.3, 0.4) is 0 Å². The molecule has 4 aliphatic rings. The maximum Gasteiger partial charge on any atom is 0.305 e. The molecule has 3 aromatic carbocycles. The molecule has 2 saturated carbocycles. The fourth-order valence-corrected chi connectivity index (χ4v) is 10.8. The highest BCUT2D eigenvalue weighted by Gasteiger charge is 2.69. The number of fused-ring (bicyclic) bond motifs is 9. The molecule has 7 atom stereocenters. The van der Waals surface area contributed by atoms with Crippen LogP contribution in [0, 0.1) is 29.6 Å². The maximum atomic E-state index is 13.9. The molecular formula is C32H25ClN2O4S2. The molecule has 2 bridgehead atoms. The number of carbonyl (C=O) groups is 2. The Morgan fingerprint density at radius 2 is 1.59 bits per heavy atom. The number of halogens is 1. The van der Waals surface area contributed by atoms with Crippen molar-refractivity contribution in [2.24, 2.45) is 29.6 Å². The number of benzene rings is 3. The van der Waals surface area contributed by atoms with E-state index in [4.69, 9.17) is 16.3 Å². The first-order valence-electron chi connectivity index (χ1n) is 13.8. The number of nitrogens with one attached hydrogen (secondary N) is 1. The number of aromatic nitrogens is 1. The Balaban J connectivity index is 1.13. The average Bonchev–Trinajstić information content (AvgIpc) is 3.72. The van der Waals surface area contributed by atoms with Crippen molar-refractivity contribution < 1.29 is 14.3 Å². The normalized spacial score (nSPS) is 29.4. The van der Waals surface area contributed by atoms with Crippen molar-refractivity contribution >= 4 is 52.2 Å². The number of thioether (sulfide) groups is 1. The van der Waals surface area contributed by atoms with E-state index in [1.807, 2.05) is 42.5 Å². The van der Waals surface area contributed by atoms with Gasteiger partial charge in [-0.25, -0.2) is 0 Å². The summed E-state index contributed by atoms with van der Waals surface area (Å²) in [6.07, 6.45) is 0.859. The van der Waals surface area contributed by atoms with Crippen LogP contribution in [0.2, 0.25) is 5.02 Å². The minimum Gasteiger partial charge on any atom is -0.489 e. The van der Waals surface area contributed by atoms with Crippen LogP contribution in [0.4, 0.5) is 5.69 Å². The van der Waals surface area contributed by atoms with Crippen LogP contribution in [0.25, 0.3) is 0 Å². The number of anilines is 1. The lowest BCUT2D eigenvalue weighted by Gasteiger charge is -2.43. The smallest absolute Gasteiger partial charge is 0.305 e. The number of rotatable bonds is 5. The van der Waals surface area contributed by atoms with Gasteiger partial charge in [0, 0.05) is 21.1 Å². The van der Waals surface area contributed by atoms with Crippen molar-refractivity contribution in [3.63, 3.8) is 0 Å². The van der Waals surface area contributed by atoms with Crippen molar-refractivity contribution in [3.05, 3.63) is 110 Å². The second-order valence-electron chi connectivity index (χ2n) is 11.3. The summed E-state index contributed by atoms with van der Waals surface area (Å²) in [6, 6.07) is 25.1. The topological polar surface area (TPSA) is 79.5 Å². The van der Waals surface area contributed by atoms with Gasteiger partial charge in [-0.3, -0.25) is 19.3 Å². The van der Waals surface area contributed by atoms with E-state index in [2.05, 4.69) is 17.1 Å². The van der Waals surface area contributed by atoms with E-state index in [1.54, 1.807) is 36.0 Å². The number of aromatic amines is 1. The zero-order valence-electron chi connectivity index (χ0n) is 21.7. The zero-order chi connectivity index (χ0) is 27.8. The van der Waals surface area contributed by atoms with Gasteiger partial charge in [-0.15, -0.1) is 11.8 Å². The fraction of sp³-hybridized carbons (Fsp3) is 0.281. The van der Waals surface area contributed by atoms with Gasteiger partial charge in [-0.1, -0.05) is 65.4 Å². The molecule has 0 spiro atoms. The number of nitrogens with zero attached hydrogens (tertiary/aromatic N) is 1. The highest BCUT2D eigenvalue weighted by Crippen LogP contribution is 2.68. The quantitative estimate of drug-likeness (QED) is 0.270. The van der Waals surface area contributed by atoms with Gasteiger partial charge in [-0.05, 0) is 71.7 Å². The third-order valence-electron chi connectivity index (χ3n) is 9.30. The van der Waals surface area contributed by atoms with Gasteiger partial charge in [0.1, 0.15) is 12.4 Å². The van der Waals surface area contributed by atoms with Crippen molar-refractivity contribution in [3.8, 4) is 5.75 Å². The molecule has 1 N–H and O–H groups in total. The molecule has 3 fully saturated rings. The summed E-state index contributed by atoms with van der Waals surface area (Å²) in [6.45, 7) is 0.488. The predicted octanol–water partition coefficient (Wildman–Crippen LogP) is 6.35. The van der Waals surface area contributed by atoms with Crippen molar-refractivity contribution in [1.82, 2.24) is 4.98 Å². The Kier molecular flexibility index (Phi) is 5.95. The van der Waals surface area contributed by atoms with Crippen LogP contribution in [-0.2, 0) is 16.2 Å². The third-order valence-corrected chi connectivity index (χ3v) is 12.1. The number of hydrogen-bond acceptors (Lipinski definition) is 6. The van der Waals surface area contributed by atoms with Crippen LogP contribution in [0.15, 0.2) is 88.7 Å². The van der Waals surface area contributed by atoms with E-state index in [9.17, 15) is 14.4 Å². The Morgan fingerprint density at radius 1 is 0.878 bits per heavy atom. The lowest BCUT2D eigenvalue weighted by Crippen LogP contribution is -2.42. The van der Waals surface area contributed by atoms with Gasteiger partial charge in [0.2, 0.25) is 11.8 Å². The third kappa shape index (κ3) is 3.95. The lowest BCUT2D eigenvalue weighted by molar-refractivity contribution is -0.123.